The average Bonchev–Trinajstić information content (AvgIpc) is 2.48. The molecule has 0 N–H and O–H groups in total. The highest BCUT2D eigenvalue weighted by atomic mass is 16.1. The first kappa shape index (κ1) is 12.6. The Morgan fingerprint density at radius 2 is 2.05 bits per heavy atom. The lowest BCUT2D eigenvalue weighted by molar-refractivity contribution is 0.574. The van der Waals surface area contributed by atoms with Gasteiger partial charge in [0.1, 0.15) is 0 Å². The largest absolute Gasteiger partial charge is 0.268 e. The molecule has 0 amide bonds. The Bertz CT molecular complexity index is 740. The van der Waals surface area contributed by atoms with E-state index in [1.165, 1.54) is 4.68 Å². The van der Waals surface area contributed by atoms with Gasteiger partial charge in [-0.2, -0.15) is 10.4 Å². The van der Waals surface area contributed by atoms with Crippen LogP contribution in [0, 0.1) is 11.3 Å². The molecule has 0 saturated carbocycles. The van der Waals surface area contributed by atoms with Crippen LogP contribution in [0.3, 0.4) is 0 Å². The Morgan fingerprint density at radius 1 is 1.25 bits per heavy atom. The van der Waals surface area contributed by atoms with Crippen molar-refractivity contribution in [3.05, 3.63) is 63.1 Å². The van der Waals surface area contributed by atoms with Gasteiger partial charge in [0.05, 0.1) is 23.9 Å². The average molecular weight is 265 g/mol. The fourth-order valence-electron chi connectivity index (χ4n) is 2.64. The van der Waals surface area contributed by atoms with Crippen LogP contribution >= 0.6 is 0 Å². The summed E-state index contributed by atoms with van der Waals surface area (Å²) in [5, 5.41) is 13.6. The van der Waals surface area contributed by atoms with E-state index in [0.717, 1.165) is 42.5 Å². The molecular weight excluding hydrogens is 250 g/mol. The highest BCUT2D eigenvalue weighted by Crippen LogP contribution is 2.17. The summed E-state index contributed by atoms with van der Waals surface area (Å²) in [6.07, 6.45) is 4.16. The van der Waals surface area contributed by atoms with Crippen molar-refractivity contribution >= 4 is 0 Å². The second-order valence-electron chi connectivity index (χ2n) is 5.09. The molecule has 100 valence electrons. The number of nitrogens with zero attached hydrogens (tertiary/aromatic N) is 3. The molecule has 0 bridgehead atoms. The number of benzene rings is 1. The van der Waals surface area contributed by atoms with Gasteiger partial charge in [-0.25, -0.2) is 4.68 Å². The van der Waals surface area contributed by atoms with Gasteiger partial charge >= 0.3 is 0 Å². The van der Waals surface area contributed by atoms with E-state index >= 15 is 0 Å². The van der Waals surface area contributed by atoms with Crippen molar-refractivity contribution in [2.75, 3.05) is 0 Å². The minimum Gasteiger partial charge on any atom is -0.268 e. The predicted octanol–water partition coefficient (Wildman–Crippen LogP) is 2.04. The zero-order valence-corrected chi connectivity index (χ0v) is 11.2. The van der Waals surface area contributed by atoms with Crippen LogP contribution < -0.4 is 5.56 Å². The maximum absolute atomic E-state index is 12.1. The third kappa shape index (κ3) is 2.35. The minimum absolute atomic E-state index is 0.0848. The molecule has 0 saturated heterocycles. The number of nitriles is 1. The highest BCUT2D eigenvalue weighted by Gasteiger charge is 2.13. The Labute approximate surface area is 117 Å². The SMILES string of the molecule is N#Cc1ccccc1Cn1nc2c(cc1=O)CCCC2. The number of rotatable bonds is 2. The molecule has 20 heavy (non-hydrogen) atoms. The van der Waals surface area contributed by atoms with Gasteiger partial charge in [-0.05, 0) is 42.9 Å². The first-order valence-corrected chi connectivity index (χ1v) is 6.86. The molecular formula is C16H15N3O. The number of aromatic nitrogens is 2. The predicted molar refractivity (Wildman–Crippen MR) is 75.4 cm³/mol. The lowest BCUT2D eigenvalue weighted by atomic mass is 9.97. The minimum atomic E-state index is -0.0848. The number of aryl methyl sites for hydroxylation is 2. The molecule has 1 aliphatic rings. The van der Waals surface area contributed by atoms with E-state index in [1.807, 2.05) is 18.2 Å². The summed E-state index contributed by atoms with van der Waals surface area (Å²) in [6, 6.07) is 11.2. The quantitative estimate of drug-likeness (QED) is 0.835. The Balaban J connectivity index is 1.99. The van der Waals surface area contributed by atoms with Crippen LogP contribution in [0.5, 0.6) is 0 Å². The molecule has 1 aromatic carbocycles. The second kappa shape index (κ2) is 5.30. The van der Waals surface area contributed by atoms with Crippen molar-refractivity contribution in [3.63, 3.8) is 0 Å². The van der Waals surface area contributed by atoms with Gasteiger partial charge in [-0.15, -0.1) is 0 Å². The molecule has 1 heterocycles. The van der Waals surface area contributed by atoms with Gasteiger partial charge < -0.3 is 0 Å². The molecule has 0 unspecified atom stereocenters. The normalized spacial score (nSPS) is 13.6. The molecule has 1 aliphatic carbocycles. The Kier molecular flexibility index (Phi) is 3.34. The van der Waals surface area contributed by atoms with Crippen LogP contribution in [0.1, 0.15) is 35.2 Å². The summed E-state index contributed by atoms with van der Waals surface area (Å²) in [6.45, 7) is 0.357. The molecule has 3 rings (SSSR count). The van der Waals surface area contributed by atoms with E-state index in [2.05, 4.69) is 11.2 Å². The fourth-order valence-corrected chi connectivity index (χ4v) is 2.64. The molecule has 1 aromatic heterocycles. The standard InChI is InChI=1S/C16H15N3O/c17-10-13-6-1-2-7-14(13)11-19-16(20)9-12-5-3-4-8-15(12)18-19/h1-2,6-7,9H,3-5,8,11H2. The van der Waals surface area contributed by atoms with E-state index in [4.69, 9.17) is 5.26 Å². The van der Waals surface area contributed by atoms with Crippen molar-refractivity contribution in [1.29, 1.82) is 5.26 Å². The van der Waals surface area contributed by atoms with E-state index in [0.29, 0.717) is 12.1 Å². The summed E-state index contributed by atoms with van der Waals surface area (Å²) < 4.78 is 1.47. The summed E-state index contributed by atoms with van der Waals surface area (Å²) in [5.74, 6) is 0. The molecule has 0 radical (unpaired) electrons. The van der Waals surface area contributed by atoms with Gasteiger partial charge in [-0.3, -0.25) is 4.79 Å². The van der Waals surface area contributed by atoms with Gasteiger partial charge in [0, 0.05) is 6.07 Å². The maximum atomic E-state index is 12.1. The lowest BCUT2D eigenvalue weighted by Gasteiger charge is -2.16. The smallest absolute Gasteiger partial charge is 0.267 e. The van der Waals surface area contributed by atoms with Crippen LogP contribution in [0.2, 0.25) is 0 Å². The molecule has 0 aliphatic heterocycles. The first-order valence-electron chi connectivity index (χ1n) is 6.86. The van der Waals surface area contributed by atoms with Crippen molar-refractivity contribution in [3.8, 4) is 6.07 Å². The summed E-state index contributed by atoms with van der Waals surface area (Å²) >= 11 is 0. The Morgan fingerprint density at radius 3 is 2.90 bits per heavy atom. The maximum Gasteiger partial charge on any atom is 0.267 e. The third-order valence-electron chi connectivity index (χ3n) is 3.73. The first-order chi connectivity index (χ1) is 9.78. The summed E-state index contributed by atoms with van der Waals surface area (Å²) in [4.78, 5) is 12.1. The van der Waals surface area contributed by atoms with Crippen LogP contribution in [-0.4, -0.2) is 9.78 Å². The summed E-state index contributed by atoms with van der Waals surface area (Å²) in [5.41, 5.74) is 3.47. The molecule has 4 nitrogen and oxygen atoms in total. The van der Waals surface area contributed by atoms with Gasteiger partial charge in [0.25, 0.3) is 5.56 Å². The van der Waals surface area contributed by atoms with E-state index in [9.17, 15) is 4.79 Å². The molecule has 4 heteroatoms. The fraction of sp³-hybridized carbons (Fsp3) is 0.312. The monoisotopic (exact) mass is 265 g/mol. The van der Waals surface area contributed by atoms with E-state index in [-0.39, 0.29) is 5.56 Å². The van der Waals surface area contributed by atoms with Crippen molar-refractivity contribution in [1.82, 2.24) is 9.78 Å². The van der Waals surface area contributed by atoms with Crippen molar-refractivity contribution < 1.29 is 0 Å². The molecule has 0 atom stereocenters. The zero-order chi connectivity index (χ0) is 13.9. The molecule has 2 aromatic rings. The van der Waals surface area contributed by atoms with Crippen LogP contribution in [0.4, 0.5) is 0 Å². The van der Waals surface area contributed by atoms with Gasteiger partial charge in [0.15, 0.2) is 0 Å². The van der Waals surface area contributed by atoms with E-state index < -0.39 is 0 Å². The van der Waals surface area contributed by atoms with Gasteiger partial charge in [-0.1, -0.05) is 18.2 Å². The second-order valence-corrected chi connectivity index (χ2v) is 5.09. The van der Waals surface area contributed by atoms with Crippen molar-refractivity contribution in [2.45, 2.75) is 32.2 Å². The lowest BCUT2D eigenvalue weighted by Crippen LogP contribution is -2.27. The zero-order valence-electron chi connectivity index (χ0n) is 11.2. The number of fused-ring (bicyclic) bond motifs is 1. The van der Waals surface area contributed by atoms with Gasteiger partial charge in [0.2, 0.25) is 0 Å². The topological polar surface area (TPSA) is 58.7 Å². The Hall–Kier alpha value is -2.41. The van der Waals surface area contributed by atoms with E-state index in [1.54, 1.807) is 12.1 Å². The summed E-state index contributed by atoms with van der Waals surface area (Å²) in [7, 11) is 0. The van der Waals surface area contributed by atoms with Crippen molar-refractivity contribution in [2.24, 2.45) is 0 Å². The molecule has 0 fully saturated rings. The third-order valence-corrected chi connectivity index (χ3v) is 3.73. The number of hydrogen-bond donors (Lipinski definition) is 0. The number of hydrogen-bond acceptors (Lipinski definition) is 3. The highest BCUT2D eigenvalue weighted by molar-refractivity contribution is 5.37. The van der Waals surface area contributed by atoms with Crippen LogP contribution in [0.15, 0.2) is 35.1 Å². The molecule has 0 spiro atoms. The van der Waals surface area contributed by atoms with Crippen LogP contribution in [0.25, 0.3) is 0 Å². The van der Waals surface area contributed by atoms with Crippen LogP contribution in [-0.2, 0) is 19.4 Å².